The summed E-state index contributed by atoms with van der Waals surface area (Å²) in [6, 6.07) is 9.42. The molecule has 0 saturated carbocycles. The summed E-state index contributed by atoms with van der Waals surface area (Å²) in [5.41, 5.74) is 1.31. The molecule has 1 unspecified atom stereocenters. The summed E-state index contributed by atoms with van der Waals surface area (Å²) >= 11 is 0. The average Bonchev–Trinajstić information content (AvgIpc) is 2.25. The van der Waals surface area contributed by atoms with Crippen molar-refractivity contribution in [1.29, 1.82) is 0 Å². The third-order valence-corrected chi connectivity index (χ3v) is 3.52. The van der Waals surface area contributed by atoms with Crippen LogP contribution in [-0.4, -0.2) is 38.2 Å². The zero-order valence-electron chi connectivity index (χ0n) is 10.2. The lowest BCUT2D eigenvalue weighted by Gasteiger charge is -2.39. The molecule has 0 amide bonds. The highest BCUT2D eigenvalue weighted by atomic mass is 16.5. The molecule has 2 rings (SSSR count). The lowest BCUT2D eigenvalue weighted by atomic mass is 10.0. The van der Waals surface area contributed by atoms with E-state index in [1.807, 2.05) is 6.07 Å². The number of nitrogens with one attached hydrogen (secondary N) is 1. The zero-order chi connectivity index (χ0) is 11.5. The lowest BCUT2D eigenvalue weighted by molar-refractivity contribution is 0.136. The van der Waals surface area contributed by atoms with E-state index in [1.54, 1.807) is 7.11 Å². The van der Waals surface area contributed by atoms with E-state index in [2.05, 4.69) is 42.4 Å². The number of likely N-dealkylation sites (N-methyl/N-ethyl adjacent to an activating group) is 1. The minimum absolute atomic E-state index is 0.433. The first-order valence-electron chi connectivity index (χ1n) is 5.79. The number of hydrogen-bond acceptors (Lipinski definition) is 3. The molecule has 1 heterocycles. The smallest absolute Gasteiger partial charge is 0.119 e. The molecule has 0 spiro atoms. The molecule has 1 fully saturated rings. The van der Waals surface area contributed by atoms with Crippen molar-refractivity contribution in [2.75, 3.05) is 27.2 Å². The maximum Gasteiger partial charge on any atom is 0.119 e. The van der Waals surface area contributed by atoms with Crippen LogP contribution in [0.2, 0.25) is 0 Å². The van der Waals surface area contributed by atoms with E-state index in [1.165, 1.54) is 5.56 Å². The number of benzene rings is 1. The van der Waals surface area contributed by atoms with E-state index in [-0.39, 0.29) is 0 Å². The minimum Gasteiger partial charge on any atom is -0.497 e. The van der Waals surface area contributed by atoms with Gasteiger partial charge >= 0.3 is 0 Å². The van der Waals surface area contributed by atoms with Crippen molar-refractivity contribution >= 4 is 0 Å². The van der Waals surface area contributed by atoms with E-state index in [9.17, 15) is 0 Å². The Morgan fingerprint density at radius 2 is 2.19 bits per heavy atom. The van der Waals surface area contributed by atoms with Gasteiger partial charge in [-0.1, -0.05) is 12.1 Å². The molecule has 0 aliphatic carbocycles. The Bertz CT molecular complexity index is 350. The molecular formula is C13H20N2O. The second-order valence-corrected chi connectivity index (χ2v) is 4.43. The molecule has 1 aliphatic heterocycles. The predicted molar refractivity (Wildman–Crippen MR) is 65.8 cm³/mol. The first-order valence-corrected chi connectivity index (χ1v) is 5.79. The third-order valence-electron chi connectivity index (χ3n) is 3.52. The van der Waals surface area contributed by atoms with Crippen LogP contribution in [0.4, 0.5) is 0 Å². The Labute approximate surface area is 97.4 Å². The first-order chi connectivity index (χ1) is 7.72. The molecule has 16 heavy (non-hydrogen) atoms. The predicted octanol–water partition coefficient (Wildman–Crippen LogP) is 1.66. The summed E-state index contributed by atoms with van der Waals surface area (Å²) in [6.07, 6.45) is 0. The van der Waals surface area contributed by atoms with Crippen molar-refractivity contribution in [1.82, 2.24) is 10.2 Å². The van der Waals surface area contributed by atoms with E-state index < -0.39 is 0 Å². The van der Waals surface area contributed by atoms with Crippen molar-refractivity contribution < 1.29 is 4.74 Å². The molecule has 1 N–H and O–H groups in total. The highest BCUT2D eigenvalue weighted by molar-refractivity contribution is 5.30. The van der Waals surface area contributed by atoms with E-state index in [4.69, 9.17) is 4.74 Å². The van der Waals surface area contributed by atoms with E-state index in [0.29, 0.717) is 12.1 Å². The van der Waals surface area contributed by atoms with Gasteiger partial charge < -0.3 is 10.1 Å². The van der Waals surface area contributed by atoms with Crippen LogP contribution in [0.15, 0.2) is 24.3 Å². The quantitative estimate of drug-likeness (QED) is 0.835. The molecule has 3 heteroatoms. The Morgan fingerprint density at radius 1 is 1.44 bits per heavy atom. The molecule has 0 aromatic heterocycles. The molecular weight excluding hydrogens is 200 g/mol. The van der Waals surface area contributed by atoms with Crippen molar-refractivity contribution in [2.24, 2.45) is 0 Å². The maximum absolute atomic E-state index is 5.25. The number of nitrogens with zero attached hydrogens (tertiary/aromatic N) is 1. The van der Waals surface area contributed by atoms with Crippen LogP contribution in [0.25, 0.3) is 0 Å². The van der Waals surface area contributed by atoms with Crippen molar-refractivity contribution in [2.45, 2.75) is 19.0 Å². The fourth-order valence-corrected chi connectivity index (χ4v) is 2.01. The summed E-state index contributed by atoms with van der Waals surface area (Å²) < 4.78 is 5.25. The van der Waals surface area contributed by atoms with Gasteiger partial charge in [-0.15, -0.1) is 0 Å². The van der Waals surface area contributed by atoms with Gasteiger partial charge in [0.25, 0.3) is 0 Å². The summed E-state index contributed by atoms with van der Waals surface area (Å²) in [4.78, 5) is 2.42. The van der Waals surface area contributed by atoms with Gasteiger partial charge in [-0.2, -0.15) is 0 Å². The number of methoxy groups -OCH3 is 1. The van der Waals surface area contributed by atoms with Crippen LogP contribution < -0.4 is 10.1 Å². The fourth-order valence-electron chi connectivity index (χ4n) is 2.01. The number of hydrogen-bond donors (Lipinski definition) is 1. The fraction of sp³-hybridized carbons (Fsp3) is 0.538. The molecule has 1 aromatic rings. The van der Waals surface area contributed by atoms with Gasteiger partial charge in [0.15, 0.2) is 0 Å². The van der Waals surface area contributed by atoms with Gasteiger partial charge in [0.1, 0.15) is 5.75 Å². The van der Waals surface area contributed by atoms with Gasteiger partial charge in [0.2, 0.25) is 0 Å². The standard InChI is InChI=1S/C13H20N2O/c1-10(15(2)12-8-14-9-12)11-5-4-6-13(7-11)16-3/h4-7,10,12,14H,8-9H2,1-3H3. The van der Waals surface area contributed by atoms with Crippen molar-refractivity contribution in [3.05, 3.63) is 29.8 Å². The third kappa shape index (κ3) is 2.20. The Hall–Kier alpha value is -1.06. The van der Waals surface area contributed by atoms with Gasteiger partial charge in [0, 0.05) is 25.2 Å². The summed E-state index contributed by atoms with van der Waals surface area (Å²) in [6.45, 7) is 4.45. The molecule has 1 aliphatic rings. The average molecular weight is 220 g/mol. The second kappa shape index (κ2) is 4.85. The molecule has 1 atom stereocenters. The zero-order valence-corrected chi connectivity index (χ0v) is 10.2. The SMILES string of the molecule is COc1cccc(C(C)N(C)C2CNC2)c1. The number of rotatable bonds is 4. The van der Waals surface area contributed by atoms with Crippen LogP contribution in [0.3, 0.4) is 0 Å². The van der Waals surface area contributed by atoms with Crippen LogP contribution in [0, 0.1) is 0 Å². The van der Waals surface area contributed by atoms with Crippen LogP contribution in [-0.2, 0) is 0 Å². The monoisotopic (exact) mass is 220 g/mol. The molecule has 0 bridgehead atoms. The summed E-state index contributed by atoms with van der Waals surface area (Å²) in [5, 5.41) is 3.30. The highest BCUT2D eigenvalue weighted by Crippen LogP contribution is 2.25. The highest BCUT2D eigenvalue weighted by Gasteiger charge is 2.25. The largest absolute Gasteiger partial charge is 0.497 e. The van der Waals surface area contributed by atoms with Crippen LogP contribution in [0.1, 0.15) is 18.5 Å². The number of ether oxygens (including phenoxy) is 1. The normalized spacial score (nSPS) is 18.2. The van der Waals surface area contributed by atoms with Crippen molar-refractivity contribution in [3.8, 4) is 5.75 Å². The van der Waals surface area contributed by atoms with Gasteiger partial charge in [-0.3, -0.25) is 4.90 Å². The van der Waals surface area contributed by atoms with Crippen LogP contribution >= 0.6 is 0 Å². The second-order valence-electron chi connectivity index (χ2n) is 4.43. The Morgan fingerprint density at radius 3 is 2.75 bits per heavy atom. The maximum atomic E-state index is 5.25. The topological polar surface area (TPSA) is 24.5 Å². The molecule has 3 nitrogen and oxygen atoms in total. The van der Waals surface area contributed by atoms with Gasteiger partial charge in [-0.05, 0) is 31.7 Å². The summed E-state index contributed by atoms with van der Waals surface area (Å²) in [7, 11) is 3.90. The van der Waals surface area contributed by atoms with Gasteiger partial charge in [0.05, 0.1) is 7.11 Å². The Kier molecular flexibility index (Phi) is 3.46. The molecule has 88 valence electrons. The Balaban J connectivity index is 2.09. The van der Waals surface area contributed by atoms with E-state index >= 15 is 0 Å². The van der Waals surface area contributed by atoms with Crippen molar-refractivity contribution in [3.63, 3.8) is 0 Å². The summed E-state index contributed by atoms with van der Waals surface area (Å²) in [5.74, 6) is 0.935. The molecule has 1 saturated heterocycles. The molecule has 0 radical (unpaired) electrons. The first kappa shape index (κ1) is 11.4. The van der Waals surface area contributed by atoms with Crippen LogP contribution in [0.5, 0.6) is 5.75 Å². The molecule has 1 aromatic carbocycles. The minimum atomic E-state index is 0.433. The van der Waals surface area contributed by atoms with E-state index in [0.717, 1.165) is 18.8 Å². The van der Waals surface area contributed by atoms with Gasteiger partial charge in [-0.25, -0.2) is 0 Å². The lowest BCUT2D eigenvalue weighted by Crippen LogP contribution is -2.56.